The molecular weight excluding hydrogens is 240 g/mol. The quantitative estimate of drug-likeness (QED) is 0.193. The van der Waals surface area contributed by atoms with Crippen molar-refractivity contribution in [1.82, 2.24) is 41.2 Å². The van der Waals surface area contributed by atoms with E-state index in [0.717, 1.165) is 0 Å². The van der Waals surface area contributed by atoms with Crippen molar-refractivity contribution < 1.29 is 0 Å². The largest absolute Gasteiger partial charge is 0.368 e. The molecule has 2 aromatic rings. The molecule has 0 aliphatic heterocycles. The van der Waals surface area contributed by atoms with Crippen LogP contribution in [0.3, 0.4) is 0 Å². The molecule has 0 saturated heterocycles. The van der Waals surface area contributed by atoms with E-state index in [9.17, 15) is 0 Å². The van der Waals surface area contributed by atoms with Gasteiger partial charge in [-0.15, -0.1) is 0 Å². The molecule has 0 radical (unpaired) electrons. The van der Waals surface area contributed by atoms with Gasteiger partial charge < -0.3 is 11.5 Å². The Hall–Kier alpha value is -3.18. The van der Waals surface area contributed by atoms with Gasteiger partial charge in [-0.25, -0.2) is 10.2 Å². The molecule has 18 heavy (non-hydrogen) atoms. The fraction of sp³-hybridized carbons (Fsp3) is 0. The topological polar surface area (TPSA) is 184 Å². The minimum absolute atomic E-state index is 0.0301. The molecule has 94 valence electrons. The van der Waals surface area contributed by atoms with Crippen LogP contribution in [0.15, 0.2) is 22.6 Å². The van der Waals surface area contributed by atoms with Crippen molar-refractivity contribution in [2.75, 3.05) is 0 Å². The van der Waals surface area contributed by atoms with Gasteiger partial charge >= 0.3 is 0 Å². The second-order valence-corrected chi connectivity index (χ2v) is 2.86. The minimum atomic E-state index is 0.0301. The van der Waals surface area contributed by atoms with E-state index in [2.05, 4.69) is 51.2 Å². The van der Waals surface area contributed by atoms with Crippen molar-refractivity contribution in [1.29, 1.82) is 0 Å². The average Bonchev–Trinajstić information content (AvgIpc) is 2.99. The molecule has 2 rings (SSSR count). The number of hydrazine groups is 1. The number of H-pyrrole nitrogens is 2. The Labute approximate surface area is 100.0 Å². The average molecular weight is 250 g/mol. The predicted octanol–water partition coefficient (Wildman–Crippen LogP) is -2.39. The van der Waals surface area contributed by atoms with Crippen LogP contribution < -0.4 is 22.3 Å². The van der Waals surface area contributed by atoms with E-state index in [-0.39, 0.29) is 23.8 Å². The zero-order valence-corrected chi connectivity index (χ0v) is 8.99. The molecule has 0 fully saturated rings. The van der Waals surface area contributed by atoms with Gasteiger partial charge in [-0.1, -0.05) is 0 Å². The number of nitrogens with two attached hydrogens (primary N) is 2. The smallest absolute Gasteiger partial charge is 0.248 e. The van der Waals surface area contributed by atoms with E-state index in [1.54, 1.807) is 0 Å². The minimum Gasteiger partial charge on any atom is -0.368 e. The molecule has 0 aliphatic carbocycles. The fourth-order valence-corrected chi connectivity index (χ4v) is 0.918. The monoisotopic (exact) mass is 250 g/mol. The second kappa shape index (κ2) is 5.24. The summed E-state index contributed by atoms with van der Waals surface area (Å²) in [6.45, 7) is 0. The van der Waals surface area contributed by atoms with Crippen LogP contribution in [-0.2, 0) is 0 Å². The molecule has 0 aliphatic rings. The molecule has 0 saturated carbocycles. The Morgan fingerprint density at radius 2 is 1.39 bits per heavy atom. The molecule has 0 atom stereocenters. The molecule has 0 unspecified atom stereocenters. The fourth-order valence-electron chi connectivity index (χ4n) is 0.918. The number of hydrogen-bond acceptors (Lipinski definition) is 6. The van der Waals surface area contributed by atoms with Crippen molar-refractivity contribution in [2.45, 2.75) is 0 Å². The maximum Gasteiger partial charge on any atom is 0.248 e. The number of nitrogens with zero attached hydrogens (tertiary/aromatic N) is 6. The first kappa shape index (κ1) is 11.3. The van der Waals surface area contributed by atoms with Crippen LogP contribution in [0.4, 0.5) is 11.9 Å². The van der Waals surface area contributed by atoms with Crippen LogP contribution >= 0.6 is 0 Å². The highest BCUT2D eigenvalue weighted by atomic mass is 15.5. The highest BCUT2D eigenvalue weighted by molar-refractivity contribution is 5.85. The lowest BCUT2D eigenvalue weighted by Gasteiger charge is -2.06. The van der Waals surface area contributed by atoms with Crippen molar-refractivity contribution in [3.63, 3.8) is 0 Å². The van der Waals surface area contributed by atoms with Crippen LogP contribution in [0.5, 0.6) is 0 Å². The normalized spacial score (nSPS) is 12.4. The molecule has 0 amide bonds. The van der Waals surface area contributed by atoms with Gasteiger partial charge in [0.05, 0.1) is 0 Å². The first-order chi connectivity index (χ1) is 8.74. The molecule has 0 aromatic carbocycles. The Bertz CT molecular complexity index is 471. The molecule has 0 spiro atoms. The highest BCUT2D eigenvalue weighted by Gasteiger charge is 1.97. The molecule has 0 bridgehead atoms. The standard InChI is InChI=1S/C6H10N12/c7-3(13-5-9-1-11-17-5)15-16-4(8)14-6-10-2-12-18-6/h1-2H,(H4,7,9,11,13,15,17)(H4,8,10,12,14,16,18). The first-order valence-corrected chi connectivity index (χ1v) is 4.65. The number of nitrogens with one attached hydrogen (secondary N) is 4. The summed E-state index contributed by atoms with van der Waals surface area (Å²) >= 11 is 0. The summed E-state index contributed by atoms with van der Waals surface area (Å²) in [5.74, 6) is 0.574. The highest BCUT2D eigenvalue weighted by Crippen LogP contribution is 1.97. The van der Waals surface area contributed by atoms with E-state index in [1.807, 2.05) is 0 Å². The number of aromatic amines is 2. The number of rotatable bonds is 2. The number of aromatic nitrogens is 6. The third-order valence-corrected chi connectivity index (χ3v) is 1.58. The summed E-state index contributed by atoms with van der Waals surface area (Å²) < 4.78 is 0. The van der Waals surface area contributed by atoms with Gasteiger partial charge in [0.15, 0.2) is 0 Å². The molecule has 12 heteroatoms. The Balaban J connectivity index is 1.88. The van der Waals surface area contributed by atoms with Crippen LogP contribution in [0.1, 0.15) is 0 Å². The predicted molar refractivity (Wildman–Crippen MR) is 61.6 cm³/mol. The van der Waals surface area contributed by atoms with Gasteiger partial charge in [-0.05, 0) is 0 Å². The van der Waals surface area contributed by atoms with E-state index in [4.69, 9.17) is 11.5 Å². The van der Waals surface area contributed by atoms with E-state index in [1.165, 1.54) is 12.7 Å². The van der Waals surface area contributed by atoms with Crippen LogP contribution in [-0.4, -0.2) is 42.3 Å². The molecule has 2 aromatic heterocycles. The van der Waals surface area contributed by atoms with Crippen LogP contribution in [0, 0.1) is 0 Å². The summed E-state index contributed by atoms with van der Waals surface area (Å²) in [5.41, 5.74) is 16.1. The van der Waals surface area contributed by atoms with Crippen molar-refractivity contribution in [2.24, 2.45) is 21.5 Å². The van der Waals surface area contributed by atoms with Crippen molar-refractivity contribution in [3.8, 4) is 0 Å². The summed E-state index contributed by atoms with van der Waals surface area (Å²) in [7, 11) is 0. The third kappa shape index (κ3) is 3.16. The van der Waals surface area contributed by atoms with Gasteiger partial charge in [0.25, 0.3) is 0 Å². The second-order valence-electron chi connectivity index (χ2n) is 2.86. The number of guanidine groups is 2. The number of aliphatic imine (C=N–C) groups is 2. The van der Waals surface area contributed by atoms with E-state index < -0.39 is 0 Å². The lowest BCUT2D eigenvalue weighted by atomic mass is 10.9. The Morgan fingerprint density at radius 1 is 0.944 bits per heavy atom. The van der Waals surface area contributed by atoms with Gasteiger partial charge in [-0.3, -0.25) is 10.9 Å². The van der Waals surface area contributed by atoms with Crippen molar-refractivity contribution >= 4 is 23.8 Å². The SMILES string of the molecule is N/C(=N/c1ncn[nH]1)NN/C(N)=N/c1ncn[nH]1. The lowest BCUT2D eigenvalue weighted by Crippen LogP contribution is -2.48. The third-order valence-electron chi connectivity index (χ3n) is 1.58. The van der Waals surface area contributed by atoms with Gasteiger partial charge in [0, 0.05) is 0 Å². The molecule has 12 nitrogen and oxygen atoms in total. The first-order valence-electron chi connectivity index (χ1n) is 4.65. The van der Waals surface area contributed by atoms with Crippen molar-refractivity contribution in [3.05, 3.63) is 12.7 Å². The Kier molecular flexibility index (Phi) is 3.29. The van der Waals surface area contributed by atoms with Gasteiger partial charge in [0.1, 0.15) is 12.7 Å². The molecular formula is C6H10N12. The lowest BCUT2D eigenvalue weighted by molar-refractivity contribution is 0.841. The molecule has 2 heterocycles. The van der Waals surface area contributed by atoms with E-state index in [0.29, 0.717) is 0 Å². The maximum atomic E-state index is 5.53. The van der Waals surface area contributed by atoms with E-state index >= 15 is 0 Å². The zero-order chi connectivity index (χ0) is 12.8. The maximum absolute atomic E-state index is 5.53. The molecule has 8 N–H and O–H groups in total. The summed E-state index contributed by atoms with van der Waals surface area (Å²) in [5, 5.41) is 12.2. The summed E-state index contributed by atoms with van der Waals surface area (Å²) in [4.78, 5) is 15.2. The van der Waals surface area contributed by atoms with Gasteiger partial charge in [-0.2, -0.15) is 30.2 Å². The summed E-state index contributed by atoms with van der Waals surface area (Å²) in [6, 6.07) is 0. The number of hydrogen-bond donors (Lipinski definition) is 6. The summed E-state index contributed by atoms with van der Waals surface area (Å²) in [6.07, 6.45) is 2.61. The van der Waals surface area contributed by atoms with Crippen LogP contribution in [0.25, 0.3) is 0 Å². The Morgan fingerprint density at radius 3 is 1.72 bits per heavy atom. The van der Waals surface area contributed by atoms with Crippen LogP contribution in [0.2, 0.25) is 0 Å². The van der Waals surface area contributed by atoms with Gasteiger partial charge in [0.2, 0.25) is 23.8 Å². The zero-order valence-electron chi connectivity index (χ0n) is 8.99.